The summed E-state index contributed by atoms with van der Waals surface area (Å²) in [6.45, 7) is -0.684. The molecule has 174 valence electrons. The van der Waals surface area contributed by atoms with Gasteiger partial charge in [-0.05, 0) is 111 Å². The van der Waals surface area contributed by atoms with Crippen LogP contribution in [0.1, 0.15) is 102 Å². The molecule has 3 fully saturated rings. The molecule has 3 aliphatic carbocycles. The highest BCUT2D eigenvalue weighted by Crippen LogP contribution is 2.50. The summed E-state index contributed by atoms with van der Waals surface area (Å²) in [4.78, 5) is 0. The minimum Gasteiger partial charge on any atom is -0.432 e. The van der Waals surface area contributed by atoms with Crippen LogP contribution in [0.25, 0.3) is 0 Å². The Morgan fingerprint density at radius 2 is 1.52 bits per heavy atom. The minimum absolute atomic E-state index is 0.344. The number of halogens is 3. The maximum atomic E-state index is 14.1. The fourth-order valence-corrected chi connectivity index (χ4v) is 7.09. The third-order valence-electron chi connectivity index (χ3n) is 8.81. The van der Waals surface area contributed by atoms with Crippen molar-refractivity contribution in [3.8, 4) is 5.75 Å². The predicted octanol–water partition coefficient (Wildman–Crippen LogP) is 8.72. The first kappa shape index (κ1) is 23.0. The third kappa shape index (κ3) is 5.79. The van der Waals surface area contributed by atoms with Gasteiger partial charge in [-0.3, -0.25) is 0 Å². The lowest BCUT2D eigenvalue weighted by Crippen LogP contribution is -2.34. The molecule has 3 aliphatic rings. The van der Waals surface area contributed by atoms with Gasteiger partial charge in [0.25, 0.3) is 0 Å². The van der Waals surface area contributed by atoms with Crippen LogP contribution < -0.4 is 4.74 Å². The van der Waals surface area contributed by atoms with E-state index in [1.165, 1.54) is 82.8 Å². The fourth-order valence-electron chi connectivity index (χ4n) is 7.09. The van der Waals surface area contributed by atoms with Gasteiger partial charge < -0.3 is 4.74 Å². The van der Waals surface area contributed by atoms with E-state index in [2.05, 4.69) is 11.7 Å². The van der Waals surface area contributed by atoms with Crippen molar-refractivity contribution in [1.29, 1.82) is 0 Å². The molecule has 0 spiro atoms. The summed E-state index contributed by atoms with van der Waals surface area (Å²) in [6.07, 6.45) is 17.5. The summed E-state index contributed by atoms with van der Waals surface area (Å²) in [5.41, 5.74) is 0.937. The number of hydrogen-bond donors (Lipinski definition) is 0. The molecule has 0 N–H and O–H groups in total. The van der Waals surface area contributed by atoms with Crippen molar-refractivity contribution in [2.75, 3.05) is 0 Å². The van der Waals surface area contributed by atoms with Crippen LogP contribution in [0.2, 0.25) is 0 Å². The average Bonchev–Trinajstić information content (AvgIpc) is 2.78. The van der Waals surface area contributed by atoms with Gasteiger partial charge >= 0.3 is 6.61 Å². The van der Waals surface area contributed by atoms with Crippen molar-refractivity contribution in [3.05, 3.63) is 29.6 Å². The molecule has 0 saturated heterocycles. The van der Waals surface area contributed by atoms with Gasteiger partial charge in [-0.1, -0.05) is 38.7 Å². The molecule has 4 unspecified atom stereocenters. The standard InChI is InChI=1S/C27H39F3O/c1-2-3-4-18-5-6-23-16-22(12-11-21(23)15-18)19-7-9-20(10-8-19)24-13-14-26(25(28)17-24)31-27(29)30/h13-14,17-23,27H,2-12,15-16H2,1H3. The number of unbranched alkanes of at least 4 members (excludes halogenated alkanes) is 1. The van der Waals surface area contributed by atoms with Crippen LogP contribution in [-0.4, -0.2) is 6.61 Å². The second-order valence-electron chi connectivity index (χ2n) is 10.6. The molecular weight excluding hydrogens is 397 g/mol. The van der Waals surface area contributed by atoms with Gasteiger partial charge in [-0.15, -0.1) is 0 Å². The first-order valence-corrected chi connectivity index (χ1v) is 12.8. The smallest absolute Gasteiger partial charge is 0.387 e. The zero-order valence-electron chi connectivity index (χ0n) is 19.0. The number of alkyl halides is 2. The van der Waals surface area contributed by atoms with Gasteiger partial charge in [0.1, 0.15) is 0 Å². The summed E-state index contributed by atoms with van der Waals surface area (Å²) >= 11 is 0. The minimum atomic E-state index is -2.99. The lowest BCUT2D eigenvalue weighted by Gasteiger charge is -2.45. The Hall–Kier alpha value is -1.19. The summed E-state index contributed by atoms with van der Waals surface area (Å²) < 4.78 is 43.1. The molecule has 1 aromatic carbocycles. The molecule has 1 aromatic rings. The maximum Gasteiger partial charge on any atom is 0.387 e. The zero-order chi connectivity index (χ0) is 21.8. The number of benzene rings is 1. The molecule has 4 rings (SSSR count). The van der Waals surface area contributed by atoms with E-state index in [-0.39, 0.29) is 5.75 Å². The first-order chi connectivity index (χ1) is 15.0. The Kier molecular flexibility index (Phi) is 7.87. The highest BCUT2D eigenvalue weighted by Gasteiger charge is 2.38. The largest absolute Gasteiger partial charge is 0.432 e. The van der Waals surface area contributed by atoms with Gasteiger partial charge in [0.05, 0.1) is 0 Å². The number of ether oxygens (including phenoxy) is 1. The van der Waals surface area contributed by atoms with Crippen molar-refractivity contribution in [2.45, 2.75) is 103 Å². The molecule has 0 radical (unpaired) electrons. The van der Waals surface area contributed by atoms with Crippen LogP contribution >= 0.6 is 0 Å². The molecule has 31 heavy (non-hydrogen) atoms. The van der Waals surface area contributed by atoms with Gasteiger partial charge in [-0.2, -0.15) is 8.78 Å². The molecule has 0 amide bonds. The van der Waals surface area contributed by atoms with E-state index in [1.807, 2.05) is 0 Å². The molecule has 4 heteroatoms. The molecule has 3 saturated carbocycles. The Morgan fingerprint density at radius 3 is 2.19 bits per heavy atom. The molecule has 0 bridgehead atoms. The van der Waals surface area contributed by atoms with Gasteiger partial charge in [-0.25, -0.2) is 4.39 Å². The lowest BCUT2D eigenvalue weighted by molar-refractivity contribution is -0.0522. The zero-order valence-corrected chi connectivity index (χ0v) is 19.0. The van der Waals surface area contributed by atoms with E-state index in [0.29, 0.717) is 5.92 Å². The van der Waals surface area contributed by atoms with E-state index < -0.39 is 12.4 Å². The van der Waals surface area contributed by atoms with Crippen LogP contribution in [0.15, 0.2) is 18.2 Å². The molecule has 4 atom stereocenters. The normalized spacial score (nSPS) is 33.8. The van der Waals surface area contributed by atoms with E-state index >= 15 is 0 Å². The summed E-state index contributed by atoms with van der Waals surface area (Å²) in [6, 6.07) is 4.54. The SMILES string of the molecule is CCCCC1CCC2CC(C3CCC(c4ccc(OC(F)F)c(F)c4)CC3)CCC2C1. The Morgan fingerprint density at radius 1 is 0.871 bits per heavy atom. The molecule has 1 nitrogen and oxygen atoms in total. The van der Waals surface area contributed by atoms with Crippen molar-refractivity contribution in [3.63, 3.8) is 0 Å². The average molecular weight is 437 g/mol. The van der Waals surface area contributed by atoms with Crippen LogP contribution in [-0.2, 0) is 0 Å². The number of hydrogen-bond acceptors (Lipinski definition) is 1. The Balaban J connectivity index is 1.26. The van der Waals surface area contributed by atoms with Gasteiger partial charge in [0.2, 0.25) is 0 Å². The summed E-state index contributed by atoms with van der Waals surface area (Å²) in [5.74, 6) is 3.96. The van der Waals surface area contributed by atoms with E-state index in [0.717, 1.165) is 48.0 Å². The highest BCUT2D eigenvalue weighted by atomic mass is 19.3. The van der Waals surface area contributed by atoms with Crippen LogP contribution in [0.3, 0.4) is 0 Å². The van der Waals surface area contributed by atoms with Crippen LogP contribution in [0.4, 0.5) is 13.2 Å². The number of fused-ring (bicyclic) bond motifs is 1. The van der Waals surface area contributed by atoms with Gasteiger partial charge in [0, 0.05) is 0 Å². The van der Waals surface area contributed by atoms with E-state index in [9.17, 15) is 13.2 Å². The Bertz CT molecular complexity index is 698. The molecule has 0 aromatic heterocycles. The topological polar surface area (TPSA) is 9.23 Å². The molecular formula is C27H39F3O. The second kappa shape index (κ2) is 10.6. The van der Waals surface area contributed by atoms with Crippen molar-refractivity contribution in [1.82, 2.24) is 0 Å². The maximum absolute atomic E-state index is 14.1. The summed E-state index contributed by atoms with van der Waals surface area (Å²) in [7, 11) is 0. The second-order valence-corrected chi connectivity index (χ2v) is 10.6. The van der Waals surface area contributed by atoms with Gasteiger partial charge in [0.15, 0.2) is 11.6 Å². The van der Waals surface area contributed by atoms with E-state index in [4.69, 9.17) is 0 Å². The van der Waals surface area contributed by atoms with E-state index in [1.54, 1.807) is 6.07 Å². The van der Waals surface area contributed by atoms with Crippen molar-refractivity contribution in [2.24, 2.45) is 29.6 Å². The molecule has 0 heterocycles. The molecule has 0 aliphatic heterocycles. The quantitative estimate of drug-likeness (QED) is 0.415. The third-order valence-corrected chi connectivity index (χ3v) is 8.81. The first-order valence-electron chi connectivity index (χ1n) is 12.8. The van der Waals surface area contributed by atoms with Crippen LogP contribution in [0.5, 0.6) is 5.75 Å². The van der Waals surface area contributed by atoms with Crippen molar-refractivity contribution >= 4 is 0 Å². The monoisotopic (exact) mass is 436 g/mol. The fraction of sp³-hybridized carbons (Fsp3) is 0.778. The Labute approximate surface area is 186 Å². The van der Waals surface area contributed by atoms with Crippen LogP contribution in [0, 0.1) is 35.4 Å². The highest BCUT2D eigenvalue weighted by molar-refractivity contribution is 5.31. The summed E-state index contributed by atoms with van der Waals surface area (Å²) in [5, 5.41) is 0. The number of rotatable bonds is 7. The lowest BCUT2D eigenvalue weighted by atomic mass is 9.60. The van der Waals surface area contributed by atoms with Crippen molar-refractivity contribution < 1.29 is 17.9 Å². The predicted molar refractivity (Wildman–Crippen MR) is 119 cm³/mol.